The van der Waals surface area contributed by atoms with Crippen LogP contribution in [0.25, 0.3) is 0 Å². The average molecular weight is 365 g/mol. The predicted octanol–water partition coefficient (Wildman–Crippen LogP) is 4.17. The van der Waals surface area contributed by atoms with Crippen molar-refractivity contribution in [2.45, 2.75) is 25.7 Å². The van der Waals surface area contributed by atoms with E-state index in [1.807, 2.05) is 18.2 Å². The van der Waals surface area contributed by atoms with Gasteiger partial charge >= 0.3 is 0 Å². The number of piperidine rings is 1. The number of carbonyl (C=O) groups is 2. The third kappa shape index (κ3) is 4.01. The van der Waals surface area contributed by atoms with Gasteiger partial charge in [-0.25, -0.2) is 4.39 Å². The quantitative estimate of drug-likeness (QED) is 0.764. The summed E-state index contributed by atoms with van der Waals surface area (Å²) in [4.78, 5) is 27.4. The fourth-order valence-electron chi connectivity index (χ4n) is 4.45. The van der Waals surface area contributed by atoms with Crippen molar-refractivity contribution in [3.8, 4) is 0 Å². The Bertz CT molecular complexity index is 838. The van der Waals surface area contributed by atoms with Gasteiger partial charge in [0.25, 0.3) is 0 Å². The van der Waals surface area contributed by atoms with Crippen molar-refractivity contribution in [1.82, 2.24) is 4.90 Å². The van der Waals surface area contributed by atoms with Crippen molar-refractivity contribution in [3.05, 3.63) is 71.0 Å². The fraction of sp³-hybridized carbons (Fsp3) is 0.391. The first-order valence-corrected chi connectivity index (χ1v) is 9.73. The number of rotatable bonds is 4. The minimum Gasteiger partial charge on any atom is -0.303 e. The summed E-state index contributed by atoms with van der Waals surface area (Å²) >= 11 is 0. The van der Waals surface area contributed by atoms with Crippen LogP contribution in [0.3, 0.4) is 0 Å². The van der Waals surface area contributed by atoms with Crippen LogP contribution in [0, 0.1) is 17.7 Å². The first-order chi connectivity index (χ1) is 13.1. The minimum absolute atomic E-state index is 0.0143. The number of hydrogen-bond donors (Lipinski definition) is 0. The van der Waals surface area contributed by atoms with Crippen LogP contribution in [0.1, 0.15) is 45.5 Å². The molecule has 1 saturated heterocycles. The van der Waals surface area contributed by atoms with Crippen LogP contribution in [0.2, 0.25) is 0 Å². The molecule has 0 saturated carbocycles. The van der Waals surface area contributed by atoms with E-state index in [1.54, 1.807) is 12.1 Å². The summed E-state index contributed by atoms with van der Waals surface area (Å²) in [5, 5.41) is 0. The van der Waals surface area contributed by atoms with Gasteiger partial charge in [0.2, 0.25) is 0 Å². The smallest absolute Gasteiger partial charge is 0.166 e. The van der Waals surface area contributed by atoms with Crippen LogP contribution in [0.4, 0.5) is 4.39 Å². The molecular weight excluding hydrogens is 341 g/mol. The van der Waals surface area contributed by atoms with Crippen LogP contribution in [-0.2, 0) is 6.42 Å². The Hall–Kier alpha value is -2.33. The average Bonchev–Trinajstić information content (AvgIpc) is 2.69. The Morgan fingerprint density at radius 1 is 1.00 bits per heavy atom. The summed E-state index contributed by atoms with van der Waals surface area (Å²) in [6.45, 7) is 2.67. The molecule has 0 aromatic heterocycles. The molecule has 4 rings (SSSR count). The molecule has 4 heteroatoms. The molecule has 0 bridgehead atoms. The van der Waals surface area contributed by atoms with Gasteiger partial charge in [-0.1, -0.05) is 24.3 Å². The highest BCUT2D eigenvalue weighted by atomic mass is 19.1. The highest BCUT2D eigenvalue weighted by molar-refractivity contribution is 5.99. The molecule has 1 aliphatic heterocycles. The zero-order valence-corrected chi connectivity index (χ0v) is 15.4. The molecule has 3 nitrogen and oxygen atoms in total. The molecular formula is C23H24FNO2. The van der Waals surface area contributed by atoms with Crippen LogP contribution in [0.5, 0.6) is 0 Å². The lowest BCUT2D eigenvalue weighted by molar-refractivity contribution is 0.0812. The van der Waals surface area contributed by atoms with Gasteiger partial charge < -0.3 is 4.90 Å². The van der Waals surface area contributed by atoms with E-state index in [1.165, 1.54) is 17.7 Å². The van der Waals surface area contributed by atoms with Crippen molar-refractivity contribution in [1.29, 1.82) is 0 Å². The van der Waals surface area contributed by atoms with Crippen molar-refractivity contribution in [3.63, 3.8) is 0 Å². The van der Waals surface area contributed by atoms with E-state index >= 15 is 0 Å². The van der Waals surface area contributed by atoms with Crippen LogP contribution < -0.4 is 0 Å². The summed E-state index contributed by atoms with van der Waals surface area (Å²) in [6.07, 6.45) is 3.22. The largest absolute Gasteiger partial charge is 0.303 e. The van der Waals surface area contributed by atoms with Gasteiger partial charge in [-0.15, -0.1) is 0 Å². The number of carbonyl (C=O) groups excluding carboxylic acids is 2. The van der Waals surface area contributed by atoms with Gasteiger partial charge in [0, 0.05) is 30.0 Å². The summed E-state index contributed by atoms with van der Waals surface area (Å²) in [5.41, 5.74) is 2.65. The molecule has 140 valence electrons. The lowest BCUT2D eigenvalue weighted by Crippen LogP contribution is -2.40. The van der Waals surface area contributed by atoms with Crippen molar-refractivity contribution in [2.75, 3.05) is 19.6 Å². The van der Waals surface area contributed by atoms with E-state index in [0.29, 0.717) is 17.9 Å². The van der Waals surface area contributed by atoms with Crippen molar-refractivity contribution < 1.29 is 14.0 Å². The van der Waals surface area contributed by atoms with Crippen LogP contribution in [-0.4, -0.2) is 36.1 Å². The Labute approximate surface area is 159 Å². The molecule has 0 amide bonds. The third-order valence-electron chi connectivity index (χ3n) is 5.90. The monoisotopic (exact) mass is 365 g/mol. The molecule has 2 aromatic carbocycles. The fourth-order valence-corrected chi connectivity index (χ4v) is 4.45. The first-order valence-electron chi connectivity index (χ1n) is 9.73. The number of halogens is 1. The summed E-state index contributed by atoms with van der Waals surface area (Å²) < 4.78 is 13.0. The lowest BCUT2D eigenvalue weighted by atomic mass is 9.82. The SMILES string of the molecule is O=C1C[C@H](CN2CCC(C(=O)c3ccc(F)cc3)CC2)Cc2ccccc21. The number of benzene rings is 2. The van der Waals surface area contributed by atoms with Gasteiger partial charge in [0.1, 0.15) is 5.82 Å². The second kappa shape index (κ2) is 7.73. The molecule has 27 heavy (non-hydrogen) atoms. The van der Waals surface area contributed by atoms with Gasteiger partial charge in [0.15, 0.2) is 11.6 Å². The second-order valence-electron chi connectivity index (χ2n) is 7.80. The molecule has 0 spiro atoms. The molecule has 1 atom stereocenters. The van der Waals surface area contributed by atoms with E-state index in [0.717, 1.165) is 44.5 Å². The topological polar surface area (TPSA) is 37.4 Å². The molecule has 2 aliphatic rings. The van der Waals surface area contributed by atoms with E-state index < -0.39 is 0 Å². The normalized spacial score (nSPS) is 21.1. The lowest BCUT2D eigenvalue weighted by Gasteiger charge is -2.35. The predicted molar refractivity (Wildman–Crippen MR) is 102 cm³/mol. The van der Waals surface area contributed by atoms with Gasteiger partial charge in [-0.05, 0) is 68.1 Å². The molecule has 0 radical (unpaired) electrons. The van der Waals surface area contributed by atoms with E-state index in [2.05, 4.69) is 11.0 Å². The van der Waals surface area contributed by atoms with E-state index in [-0.39, 0.29) is 23.3 Å². The number of Topliss-reactive ketones (excluding diaryl/α,β-unsaturated/α-hetero) is 2. The maximum atomic E-state index is 13.0. The first kappa shape index (κ1) is 18.1. The number of nitrogens with zero attached hydrogens (tertiary/aromatic N) is 1. The Morgan fingerprint density at radius 3 is 2.44 bits per heavy atom. The molecule has 1 heterocycles. The van der Waals surface area contributed by atoms with Gasteiger partial charge in [-0.2, -0.15) is 0 Å². The second-order valence-corrected chi connectivity index (χ2v) is 7.80. The third-order valence-corrected chi connectivity index (χ3v) is 5.90. The number of hydrogen-bond acceptors (Lipinski definition) is 3. The Balaban J connectivity index is 1.32. The van der Waals surface area contributed by atoms with Crippen LogP contribution in [0.15, 0.2) is 48.5 Å². The highest BCUT2D eigenvalue weighted by Crippen LogP contribution is 2.28. The molecule has 1 aliphatic carbocycles. The zero-order chi connectivity index (χ0) is 18.8. The van der Waals surface area contributed by atoms with E-state index in [9.17, 15) is 14.0 Å². The number of ketones is 2. The standard InChI is InChI=1S/C23H24FNO2/c24-20-7-5-17(6-8-20)23(27)18-9-11-25(12-10-18)15-16-13-19-3-1-2-4-21(19)22(26)14-16/h1-8,16,18H,9-15H2/t16-/m1/s1. The summed E-state index contributed by atoms with van der Waals surface area (Å²) in [6, 6.07) is 13.8. The maximum absolute atomic E-state index is 13.0. The highest BCUT2D eigenvalue weighted by Gasteiger charge is 2.30. The number of fused-ring (bicyclic) bond motifs is 1. The number of likely N-dealkylation sites (tertiary alicyclic amines) is 1. The summed E-state index contributed by atoms with van der Waals surface area (Å²) in [7, 11) is 0. The van der Waals surface area contributed by atoms with Crippen molar-refractivity contribution in [2.24, 2.45) is 11.8 Å². The maximum Gasteiger partial charge on any atom is 0.166 e. The molecule has 1 fully saturated rings. The zero-order valence-electron chi connectivity index (χ0n) is 15.4. The molecule has 0 N–H and O–H groups in total. The van der Waals surface area contributed by atoms with Crippen molar-refractivity contribution >= 4 is 11.6 Å². The summed E-state index contributed by atoms with van der Waals surface area (Å²) in [5.74, 6) is 0.432. The molecule has 2 aromatic rings. The van der Waals surface area contributed by atoms with Gasteiger partial charge in [0.05, 0.1) is 0 Å². The molecule has 0 unspecified atom stereocenters. The van der Waals surface area contributed by atoms with E-state index in [4.69, 9.17) is 0 Å². The van der Waals surface area contributed by atoms with Crippen LogP contribution >= 0.6 is 0 Å². The Morgan fingerprint density at radius 2 is 1.70 bits per heavy atom. The minimum atomic E-state index is -0.315. The van der Waals surface area contributed by atoms with Gasteiger partial charge in [-0.3, -0.25) is 9.59 Å². The Kier molecular flexibility index (Phi) is 5.17.